The van der Waals surface area contributed by atoms with E-state index in [1.54, 1.807) is 17.0 Å². The molecule has 0 saturated heterocycles. The fraction of sp³-hybridized carbons (Fsp3) is 0.333. The number of hydrogen-bond acceptors (Lipinski definition) is 3. The van der Waals surface area contributed by atoms with Crippen LogP contribution in [0.5, 0.6) is 11.5 Å². The number of amides is 2. The van der Waals surface area contributed by atoms with Crippen LogP contribution in [0.15, 0.2) is 42.5 Å². The lowest BCUT2D eigenvalue weighted by atomic mass is 9.94. The van der Waals surface area contributed by atoms with Gasteiger partial charge in [0.25, 0.3) is 0 Å². The first-order valence-corrected chi connectivity index (χ1v) is 10.4. The van der Waals surface area contributed by atoms with Crippen LogP contribution in [0, 0.1) is 0 Å². The Kier molecular flexibility index (Phi) is 5.97. The second-order valence-electron chi connectivity index (χ2n) is 7.92. The van der Waals surface area contributed by atoms with Crippen molar-refractivity contribution in [2.45, 2.75) is 44.9 Å². The van der Waals surface area contributed by atoms with E-state index in [0.717, 1.165) is 11.1 Å². The quantitative estimate of drug-likeness (QED) is 0.714. The molecular formula is C21H24ClN2O3P. The molecule has 0 bridgehead atoms. The maximum absolute atomic E-state index is 12.8. The monoisotopic (exact) mass is 418 g/mol. The van der Waals surface area contributed by atoms with Crippen LogP contribution in [-0.4, -0.2) is 27.7 Å². The van der Waals surface area contributed by atoms with E-state index in [4.69, 9.17) is 22.1 Å². The van der Waals surface area contributed by atoms with Crippen molar-refractivity contribution in [1.82, 2.24) is 4.90 Å². The number of ether oxygens (including phenoxy) is 1. The third kappa shape index (κ3) is 5.03. The number of nitrogens with two attached hydrogens (primary N) is 1. The fourth-order valence-corrected chi connectivity index (χ4v) is 4.35. The lowest BCUT2D eigenvalue weighted by molar-refractivity contribution is -0.122. The van der Waals surface area contributed by atoms with Gasteiger partial charge in [-0.2, -0.15) is 0 Å². The molecule has 1 unspecified atom stereocenters. The zero-order valence-electron chi connectivity index (χ0n) is 16.2. The van der Waals surface area contributed by atoms with Gasteiger partial charge in [0.05, 0.1) is 0 Å². The molecule has 0 saturated carbocycles. The van der Waals surface area contributed by atoms with E-state index in [2.05, 4.69) is 0 Å². The van der Waals surface area contributed by atoms with Crippen molar-refractivity contribution < 1.29 is 14.3 Å². The van der Waals surface area contributed by atoms with Gasteiger partial charge in [-0.25, -0.2) is 0 Å². The van der Waals surface area contributed by atoms with E-state index in [0.29, 0.717) is 29.5 Å². The van der Waals surface area contributed by atoms with E-state index in [1.165, 1.54) is 0 Å². The van der Waals surface area contributed by atoms with Crippen LogP contribution in [0.3, 0.4) is 0 Å². The highest BCUT2D eigenvalue weighted by Crippen LogP contribution is 2.37. The predicted molar refractivity (Wildman–Crippen MR) is 114 cm³/mol. The largest absolute Gasteiger partial charge is 0.457 e. The van der Waals surface area contributed by atoms with Gasteiger partial charge in [-0.05, 0) is 55.2 Å². The van der Waals surface area contributed by atoms with Crippen LogP contribution in [0.4, 0.5) is 4.79 Å². The molecule has 2 N–H and O–H groups in total. The number of nitrogens with zero attached hydrogens (tertiary/aromatic N) is 1. The van der Waals surface area contributed by atoms with Crippen molar-refractivity contribution in [3.63, 3.8) is 0 Å². The van der Waals surface area contributed by atoms with Crippen LogP contribution >= 0.6 is 20.2 Å². The predicted octanol–water partition coefficient (Wildman–Crippen LogP) is 4.94. The molecule has 1 aliphatic rings. The number of fused-ring (bicyclic) bond motifs is 1. The molecule has 2 atom stereocenters. The molecule has 2 aromatic rings. The molecule has 0 spiro atoms. The van der Waals surface area contributed by atoms with Gasteiger partial charge in [-0.15, -0.1) is 0 Å². The van der Waals surface area contributed by atoms with Crippen molar-refractivity contribution in [2.75, 3.05) is 0 Å². The highest BCUT2D eigenvalue weighted by atomic mass is 35.5. The molecule has 28 heavy (non-hydrogen) atoms. The van der Waals surface area contributed by atoms with Gasteiger partial charge in [-0.3, -0.25) is 9.59 Å². The smallest absolute Gasteiger partial charge is 0.241 e. The zero-order chi connectivity index (χ0) is 20.5. The molecular weight excluding hydrogens is 395 g/mol. The van der Waals surface area contributed by atoms with Gasteiger partial charge >= 0.3 is 0 Å². The lowest BCUT2D eigenvalue weighted by Crippen LogP contribution is -2.50. The van der Waals surface area contributed by atoms with Crippen molar-refractivity contribution >= 4 is 31.7 Å². The summed E-state index contributed by atoms with van der Waals surface area (Å²) >= 11 is 6.00. The Morgan fingerprint density at radius 1 is 1.14 bits per heavy atom. The normalized spacial score (nSPS) is 16.9. The van der Waals surface area contributed by atoms with E-state index in [1.807, 2.05) is 51.1 Å². The molecule has 0 fully saturated rings. The van der Waals surface area contributed by atoms with Crippen LogP contribution in [0.1, 0.15) is 31.9 Å². The summed E-state index contributed by atoms with van der Waals surface area (Å²) in [6, 6.07) is 12.2. The topological polar surface area (TPSA) is 72.6 Å². The molecule has 3 rings (SSSR count). The van der Waals surface area contributed by atoms with Gasteiger partial charge in [0.1, 0.15) is 17.5 Å². The number of rotatable bonds is 4. The number of benzene rings is 2. The van der Waals surface area contributed by atoms with Crippen LogP contribution in [0.25, 0.3) is 0 Å². The summed E-state index contributed by atoms with van der Waals surface area (Å²) in [4.78, 5) is 26.4. The molecule has 0 radical (unpaired) electrons. The van der Waals surface area contributed by atoms with E-state index in [9.17, 15) is 9.59 Å². The zero-order valence-corrected chi connectivity index (χ0v) is 17.9. The molecule has 1 aliphatic heterocycles. The summed E-state index contributed by atoms with van der Waals surface area (Å²) in [7, 11) is 0.0818. The van der Waals surface area contributed by atoms with Crippen molar-refractivity contribution in [1.29, 1.82) is 0 Å². The molecule has 2 amide bonds. The number of halogens is 1. The second-order valence-corrected chi connectivity index (χ2v) is 10.5. The summed E-state index contributed by atoms with van der Waals surface area (Å²) in [5, 5.41) is 0.465. The Hall–Kier alpha value is -2.10. The Morgan fingerprint density at radius 3 is 2.50 bits per heavy atom. The van der Waals surface area contributed by atoms with Gasteiger partial charge in [0.2, 0.25) is 11.6 Å². The Morgan fingerprint density at radius 2 is 1.86 bits per heavy atom. The Balaban J connectivity index is 1.84. The molecule has 7 heteroatoms. The van der Waals surface area contributed by atoms with Gasteiger partial charge in [-0.1, -0.05) is 44.5 Å². The number of hydrogen-bond donors (Lipinski definition) is 1. The van der Waals surface area contributed by atoms with E-state index < -0.39 is 11.9 Å². The lowest BCUT2D eigenvalue weighted by Gasteiger charge is -2.36. The molecule has 2 aromatic carbocycles. The summed E-state index contributed by atoms with van der Waals surface area (Å²) in [5.74, 6) is 0.803. The third-order valence-corrected chi connectivity index (χ3v) is 5.90. The molecule has 0 aromatic heterocycles. The first-order chi connectivity index (χ1) is 13.1. The highest BCUT2D eigenvalue weighted by molar-refractivity contribution is 7.59. The summed E-state index contributed by atoms with van der Waals surface area (Å²) < 4.78 is 5.88. The minimum atomic E-state index is -0.642. The van der Waals surface area contributed by atoms with Crippen LogP contribution < -0.4 is 10.5 Å². The SMILES string of the molecule is CC(C)(C)PC(=O)N1Cc2ccc(Oc3cccc(Cl)c3)cc2C[C@H]1C(N)=O. The van der Waals surface area contributed by atoms with Crippen molar-refractivity contribution in [3.05, 3.63) is 58.6 Å². The third-order valence-electron chi connectivity index (χ3n) is 4.41. The molecule has 0 aliphatic carbocycles. The Bertz CT molecular complexity index is 911. The van der Waals surface area contributed by atoms with E-state index in [-0.39, 0.29) is 19.4 Å². The average molecular weight is 419 g/mol. The average Bonchev–Trinajstić information content (AvgIpc) is 2.59. The summed E-state index contributed by atoms with van der Waals surface area (Å²) in [6.45, 7) is 6.42. The van der Waals surface area contributed by atoms with E-state index >= 15 is 0 Å². The van der Waals surface area contributed by atoms with Gasteiger partial charge < -0.3 is 15.4 Å². The molecule has 5 nitrogen and oxygen atoms in total. The minimum absolute atomic E-state index is 0.0267. The first-order valence-electron chi connectivity index (χ1n) is 9.06. The number of primary amides is 1. The van der Waals surface area contributed by atoms with Crippen LogP contribution in [-0.2, 0) is 17.8 Å². The Labute approximate surface area is 172 Å². The number of carbonyl (C=O) groups is 2. The van der Waals surface area contributed by atoms with Crippen LogP contribution in [0.2, 0.25) is 5.02 Å². The van der Waals surface area contributed by atoms with Gasteiger partial charge in [0.15, 0.2) is 0 Å². The molecule has 148 valence electrons. The minimum Gasteiger partial charge on any atom is -0.457 e. The standard InChI is InChI=1S/C21H24ClN2O3P/c1-21(2,3)28-20(26)24-12-13-7-8-17(9-14(13)10-18(24)19(23)25)27-16-6-4-5-15(22)11-16/h4-9,11,18,28H,10,12H2,1-3H3,(H2,23,25)/t18-/m0/s1. The number of carbonyl (C=O) groups excluding carboxylic acids is 2. The first kappa shape index (κ1) is 20.6. The van der Waals surface area contributed by atoms with Crippen molar-refractivity contribution in [2.24, 2.45) is 5.73 Å². The maximum atomic E-state index is 12.8. The summed E-state index contributed by atoms with van der Waals surface area (Å²) in [5.41, 5.74) is 7.56. The maximum Gasteiger partial charge on any atom is 0.241 e. The molecule has 1 heterocycles. The fourth-order valence-electron chi connectivity index (χ4n) is 3.15. The highest BCUT2D eigenvalue weighted by Gasteiger charge is 2.34. The summed E-state index contributed by atoms with van der Waals surface area (Å²) in [6.07, 6.45) is 0.387. The van der Waals surface area contributed by atoms with Gasteiger partial charge in [0, 0.05) is 18.0 Å². The second kappa shape index (κ2) is 8.10. The van der Waals surface area contributed by atoms with Crippen molar-refractivity contribution in [3.8, 4) is 11.5 Å².